The quantitative estimate of drug-likeness (QED) is 0.358. The van der Waals surface area contributed by atoms with Crippen molar-refractivity contribution in [3.63, 3.8) is 0 Å². The molecule has 0 saturated carbocycles. The van der Waals surface area contributed by atoms with E-state index in [1.54, 1.807) is 4.90 Å². The number of rotatable bonds is 6. The van der Waals surface area contributed by atoms with Crippen LogP contribution in [0.2, 0.25) is 0 Å². The Hall–Kier alpha value is -3.26. The Morgan fingerprint density at radius 3 is 2.52 bits per heavy atom. The van der Waals surface area contributed by atoms with Crippen molar-refractivity contribution < 1.29 is 23.9 Å². The number of imide groups is 1. The van der Waals surface area contributed by atoms with Crippen molar-refractivity contribution in [1.82, 2.24) is 9.80 Å². The summed E-state index contributed by atoms with van der Waals surface area (Å²) in [4.78, 5) is 43.4. The molecule has 33 heavy (non-hydrogen) atoms. The highest BCUT2D eigenvalue weighted by Crippen LogP contribution is 2.27. The summed E-state index contributed by atoms with van der Waals surface area (Å²) in [5, 5.41) is 3.72. The predicted molar refractivity (Wildman–Crippen MR) is 120 cm³/mol. The molecule has 2 fully saturated rings. The molecular formula is C23H31N5O5. The number of ether oxygens (including phenoxy) is 2. The minimum absolute atomic E-state index is 0.0781. The topological polar surface area (TPSA) is 125 Å². The molecule has 0 aliphatic carbocycles. The summed E-state index contributed by atoms with van der Waals surface area (Å²) in [5.41, 5.74) is 9.47. The minimum Gasteiger partial charge on any atom is -0.447 e. The molecule has 0 N–H and O–H groups in total. The summed E-state index contributed by atoms with van der Waals surface area (Å²) in [5.74, 6) is -0.458. The van der Waals surface area contributed by atoms with E-state index in [1.165, 1.54) is 0 Å². The van der Waals surface area contributed by atoms with Gasteiger partial charge in [0.25, 0.3) is 0 Å². The summed E-state index contributed by atoms with van der Waals surface area (Å²) in [6.07, 6.45) is 1.03. The number of piperidine rings is 1. The summed E-state index contributed by atoms with van der Waals surface area (Å²) in [6.45, 7) is 6.57. The summed E-state index contributed by atoms with van der Waals surface area (Å²) in [7, 11) is 0. The first-order valence-corrected chi connectivity index (χ1v) is 11.2. The molecule has 2 heterocycles. The first-order valence-electron chi connectivity index (χ1n) is 11.2. The molecule has 3 rings (SSSR count). The zero-order valence-electron chi connectivity index (χ0n) is 19.3. The minimum atomic E-state index is -1.00. The van der Waals surface area contributed by atoms with Crippen LogP contribution in [0.15, 0.2) is 35.4 Å². The van der Waals surface area contributed by atoms with Gasteiger partial charge in [-0.05, 0) is 63.5 Å². The second kappa shape index (κ2) is 10.6. The maximum atomic E-state index is 13.2. The molecule has 0 spiro atoms. The lowest BCUT2D eigenvalue weighted by atomic mass is 9.90. The first-order chi connectivity index (χ1) is 15.7. The second-order valence-corrected chi connectivity index (χ2v) is 9.50. The largest absolute Gasteiger partial charge is 0.447 e. The van der Waals surface area contributed by atoms with Gasteiger partial charge in [-0.15, -0.1) is 0 Å². The average molecular weight is 458 g/mol. The summed E-state index contributed by atoms with van der Waals surface area (Å²) >= 11 is 0. The van der Waals surface area contributed by atoms with Crippen LogP contribution in [0, 0.1) is 5.92 Å². The molecule has 2 atom stereocenters. The van der Waals surface area contributed by atoms with Crippen LogP contribution >= 0.6 is 0 Å². The van der Waals surface area contributed by atoms with Crippen molar-refractivity contribution in [3.05, 3.63) is 46.3 Å². The van der Waals surface area contributed by atoms with E-state index in [4.69, 9.17) is 15.0 Å². The van der Waals surface area contributed by atoms with E-state index in [0.717, 1.165) is 10.5 Å². The van der Waals surface area contributed by atoms with Crippen molar-refractivity contribution in [2.75, 3.05) is 19.7 Å². The van der Waals surface area contributed by atoms with E-state index in [1.807, 2.05) is 51.1 Å². The average Bonchev–Trinajstić information content (AvgIpc) is 3.12. The highest BCUT2D eigenvalue weighted by Gasteiger charge is 2.41. The number of azide groups is 1. The van der Waals surface area contributed by atoms with Crippen LogP contribution in [0.5, 0.6) is 0 Å². The maximum Gasteiger partial charge on any atom is 0.416 e. The lowest BCUT2D eigenvalue weighted by Crippen LogP contribution is -2.46. The van der Waals surface area contributed by atoms with Gasteiger partial charge in [0.05, 0.1) is 6.04 Å². The van der Waals surface area contributed by atoms with Crippen LogP contribution < -0.4 is 0 Å². The number of carbonyl (C=O) groups is 3. The Morgan fingerprint density at radius 2 is 1.91 bits per heavy atom. The molecule has 178 valence electrons. The van der Waals surface area contributed by atoms with Crippen LogP contribution in [0.25, 0.3) is 10.4 Å². The van der Waals surface area contributed by atoms with Crippen LogP contribution in [-0.4, -0.2) is 65.3 Å². The second-order valence-electron chi connectivity index (χ2n) is 9.50. The molecule has 2 saturated heterocycles. The van der Waals surface area contributed by atoms with E-state index in [9.17, 15) is 14.4 Å². The predicted octanol–water partition coefficient (Wildman–Crippen LogP) is 4.29. The van der Waals surface area contributed by atoms with Gasteiger partial charge in [-0.2, -0.15) is 0 Å². The van der Waals surface area contributed by atoms with Gasteiger partial charge in [0, 0.05) is 18.0 Å². The van der Waals surface area contributed by atoms with E-state index in [2.05, 4.69) is 10.0 Å². The van der Waals surface area contributed by atoms with Gasteiger partial charge in [-0.3, -0.25) is 4.79 Å². The lowest BCUT2D eigenvalue weighted by molar-refractivity contribution is -0.131. The Morgan fingerprint density at radius 1 is 1.24 bits per heavy atom. The molecular weight excluding hydrogens is 426 g/mol. The number of nitrogens with zero attached hydrogens (tertiary/aromatic N) is 5. The van der Waals surface area contributed by atoms with Crippen LogP contribution in [0.3, 0.4) is 0 Å². The first kappa shape index (κ1) is 24.4. The fraction of sp³-hybridized carbons (Fsp3) is 0.609. The number of hydrogen-bond acceptors (Lipinski definition) is 6. The highest BCUT2D eigenvalue weighted by atomic mass is 16.6. The van der Waals surface area contributed by atoms with Gasteiger partial charge in [-0.25, -0.2) is 14.5 Å². The van der Waals surface area contributed by atoms with E-state index >= 15 is 0 Å². The standard InChI is InChI=1S/C23H31N5O5/c1-23(2,3)33-21(30)27-11-9-17(10-12-27)14-19(25-26-24)20(29)28-18(15-32-22(28)31)13-16-7-5-4-6-8-16/h4-8,17-19H,9-15H2,1-3H3/t18?,19-/m0/s1. The van der Waals surface area contributed by atoms with Crippen LogP contribution in [0.1, 0.15) is 45.6 Å². The van der Waals surface area contributed by atoms with Crippen molar-refractivity contribution in [3.8, 4) is 0 Å². The Kier molecular flexibility index (Phi) is 7.81. The molecule has 0 aromatic heterocycles. The Bertz CT molecular complexity index is 902. The third-order valence-corrected chi connectivity index (χ3v) is 5.81. The molecule has 1 aromatic carbocycles. The van der Waals surface area contributed by atoms with Crippen molar-refractivity contribution in [2.24, 2.45) is 11.0 Å². The molecule has 2 aliphatic heterocycles. The highest BCUT2D eigenvalue weighted by molar-refractivity contribution is 5.96. The van der Waals surface area contributed by atoms with Crippen molar-refractivity contribution >= 4 is 18.1 Å². The molecule has 10 nitrogen and oxygen atoms in total. The fourth-order valence-electron chi connectivity index (χ4n) is 4.18. The number of likely N-dealkylation sites (tertiary alicyclic amines) is 1. The van der Waals surface area contributed by atoms with E-state index in [0.29, 0.717) is 38.8 Å². The van der Waals surface area contributed by atoms with E-state index in [-0.39, 0.29) is 18.6 Å². The van der Waals surface area contributed by atoms with Crippen LogP contribution in [0.4, 0.5) is 9.59 Å². The molecule has 1 unspecified atom stereocenters. The van der Waals surface area contributed by atoms with Gasteiger partial charge < -0.3 is 14.4 Å². The number of cyclic esters (lactones) is 1. The molecule has 2 aliphatic rings. The van der Waals surface area contributed by atoms with Gasteiger partial charge in [0.15, 0.2) is 0 Å². The molecule has 0 bridgehead atoms. The lowest BCUT2D eigenvalue weighted by Gasteiger charge is -2.34. The van der Waals surface area contributed by atoms with Gasteiger partial charge in [0.2, 0.25) is 5.91 Å². The summed E-state index contributed by atoms with van der Waals surface area (Å²) < 4.78 is 10.6. The third-order valence-electron chi connectivity index (χ3n) is 5.81. The summed E-state index contributed by atoms with van der Waals surface area (Å²) in [6, 6.07) is 8.09. The number of amides is 3. The smallest absolute Gasteiger partial charge is 0.416 e. The third kappa shape index (κ3) is 6.61. The SMILES string of the molecule is CC(C)(C)OC(=O)N1CCC(C[C@H](N=[N+]=[N-])C(=O)N2C(=O)OCC2Cc2ccccc2)CC1. The zero-order chi connectivity index (χ0) is 24.0. The number of benzene rings is 1. The Balaban J connectivity index is 1.61. The molecule has 0 radical (unpaired) electrons. The van der Waals surface area contributed by atoms with Crippen LogP contribution in [-0.2, 0) is 20.7 Å². The van der Waals surface area contributed by atoms with E-state index < -0.39 is 29.7 Å². The fourth-order valence-corrected chi connectivity index (χ4v) is 4.18. The van der Waals surface area contributed by atoms with Gasteiger partial charge in [0.1, 0.15) is 18.2 Å². The molecule has 10 heteroatoms. The number of carbonyl (C=O) groups excluding carboxylic acids is 3. The van der Waals surface area contributed by atoms with Gasteiger partial charge in [-0.1, -0.05) is 35.4 Å². The van der Waals surface area contributed by atoms with Gasteiger partial charge >= 0.3 is 12.2 Å². The van der Waals surface area contributed by atoms with Crippen molar-refractivity contribution in [2.45, 2.75) is 64.1 Å². The monoisotopic (exact) mass is 457 g/mol. The number of hydrogen-bond donors (Lipinski definition) is 0. The maximum absolute atomic E-state index is 13.2. The zero-order valence-corrected chi connectivity index (χ0v) is 19.3. The normalized spacial score (nSPS) is 20.1. The molecule has 3 amide bonds. The Labute approximate surface area is 193 Å². The van der Waals surface area contributed by atoms with Crippen molar-refractivity contribution in [1.29, 1.82) is 0 Å². The molecule has 1 aromatic rings.